The molecule has 0 aliphatic carbocycles. The molecule has 0 radical (unpaired) electrons. The van der Waals surface area contributed by atoms with Crippen LogP contribution in [0.1, 0.15) is 64.8 Å². The number of thiol groups is 1. The fourth-order valence-corrected chi connectivity index (χ4v) is 3.67. The summed E-state index contributed by atoms with van der Waals surface area (Å²) in [6.45, 7) is 7.06. The molecule has 2 N–H and O–H groups in total. The third kappa shape index (κ3) is 4.36. The molecule has 3 rings (SSSR count). The highest BCUT2D eigenvalue weighted by Crippen LogP contribution is 2.29. The summed E-state index contributed by atoms with van der Waals surface area (Å²) < 4.78 is 22.1. The number of benzene rings is 1. The van der Waals surface area contributed by atoms with E-state index >= 15 is 0 Å². The van der Waals surface area contributed by atoms with Crippen molar-refractivity contribution >= 4 is 16.6 Å². The Morgan fingerprint density at radius 1 is 1.26 bits per heavy atom. The topological polar surface area (TPSA) is 88.2 Å². The molecule has 1 unspecified atom stereocenters. The summed E-state index contributed by atoms with van der Waals surface area (Å²) in [7, 11) is -2.49. The second kappa shape index (κ2) is 8.19. The maximum atomic E-state index is 12.4. The standard InChI is InChI=1S/C20H25N3O3S/c1-12(2)18-19-16(10-21-18)8-17(11-22-19)20(24)23-9-14-4-6-15(7-5-14)13(3)27(25)26/h4-8,11-13,18,21,27H,9-10H2,1-3H3,(H,23,24)/t13?,18-/m0/s1. The number of aromatic nitrogens is 1. The molecular formula is C20H25N3O3S. The molecule has 0 saturated carbocycles. The Morgan fingerprint density at radius 3 is 2.59 bits per heavy atom. The van der Waals surface area contributed by atoms with Gasteiger partial charge in [0.1, 0.15) is 10.7 Å². The van der Waals surface area contributed by atoms with Gasteiger partial charge in [0.2, 0.25) is 0 Å². The van der Waals surface area contributed by atoms with Crippen molar-refractivity contribution in [3.05, 3.63) is 64.5 Å². The van der Waals surface area contributed by atoms with Gasteiger partial charge in [0.15, 0.2) is 0 Å². The van der Waals surface area contributed by atoms with E-state index in [2.05, 4.69) is 29.5 Å². The van der Waals surface area contributed by atoms with Crippen LogP contribution in [0.25, 0.3) is 0 Å². The second-order valence-corrected chi connectivity index (χ2v) is 8.60. The highest BCUT2D eigenvalue weighted by atomic mass is 32.2. The fourth-order valence-electron chi connectivity index (χ4n) is 3.25. The molecule has 27 heavy (non-hydrogen) atoms. The van der Waals surface area contributed by atoms with E-state index in [0.717, 1.165) is 28.9 Å². The number of fused-ring (bicyclic) bond motifs is 1. The van der Waals surface area contributed by atoms with Gasteiger partial charge >= 0.3 is 0 Å². The number of hydrogen-bond acceptors (Lipinski definition) is 5. The number of rotatable bonds is 6. The molecule has 0 bridgehead atoms. The molecule has 0 fully saturated rings. The van der Waals surface area contributed by atoms with E-state index in [1.165, 1.54) is 0 Å². The molecule has 2 atom stereocenters. The Labute approximate surface area is 161 Å². The number of pyridine rings is 1. The van der Waals surface area contributed by atoms with Crippen molar-refractivity contribution < 1.29 is 13.2 Å². The number of carbonyl (C=O) groups is 1. The van der Waals surface area contributed by atoms with Crippen LogP contribution in [-0.2, 0) is 23.8 Å². The lowest BCUT2D eigenvalue weighted by Gasteiger charge is -2.15. The summed E-state index contributed by atoms with van der Waals surface area (Å²) in [5.74, 6) is 0.280. The lowest BCUT2D eigenvalue weighted by atomic mass is 10.0. The molecule has 1 aromatic carbocycles. The Bertz CT molecular complexity index is 899. The summed E-state index contributed by atoms with van der Waals surface area (Å²) in [5.41, 5.74) is 4.32. The summed E-state index contributed by atoms with van der Waals surface area (Å²) in [5, 5.41) is 5.81. The molecule has 1 aliphatic rings. The normalized spacial score (nSPS) is 17.1. The van der Waals surface area contributed by atoms with Crippen LogP contribution in [0.15, 0.2) is 36.5 Å². The summed E-state index contributed by atoms with van der Waals surface area (Å²) in [4.78, 5) is 17.0. The third-order valence-corrected chi connectivity index (χ3v) is 5.90. The molecule has 2 heterocycles. The van der Waals surface area contributed by atoms with Crippen LogP contribution in [0.3, 0.4) is 0 Å². The van der Waals surface area contributed by atoms with Crippen molar-refractivity contribution in [2.45, 2.75) is 45.2 Å². The number of carbonyl (C=O) groups excluding carboxylic acids is 1. The minimum Gasteiger partial charge on any atom is -0.348 e. The van der Waals surface area contributed by atoms with Crippen molar-refractivity contribution in [1.29, 1.82) is 0 Å². The van der Waals surface area contributed by atoms with Crippen LogP contribution >= 0.6 is 0 Å². The van der Waals surface area contributed by atoms with E-state index in [0.29, 0.717) is 18.0 Å². The Hall–Kier alpha value is -2.25. The van der Waals surface area contributed by atoms with E-state index in [1.54, 1.807) is 25.3 Å². The highest BCUT2D eigenvalue weighted by molar-refractivity contribution is 7.72. The molecular weight excluding hydrogens is 362 g/mol. The van der Waals surface area contributed by atoms with Crippen LogP contribution in [0.2, 0.25) is 0 Å². The van der Waals surface area contributed by atoms with Gasteiger partial charge in [-0.25, -0.2) is 8.42 Å². The Morgan fingerprint density at radius 2 is 1.96 bits per heavy atom. The minimum absolute atomic E-state index is 0.168. The van der Waals surface area contributed by atoms with Crippen molar-refractivity contribution in [1.82, 2.24) is 15.6 Å². The maximum Gasteiger partial charge on any atom is 0.253 e. The highest BCUT2D eigenvalue weighted by Gasteiger charge is 2.26. The summed E-state index contributed by atoms with van der Waals surface area (Å²) in [6, 6.07) is 9.38. The second-order valence-electron chi connectivity index (χ2n) is 7.26. The van der Waals surface area contributed by atoms with E-state index < -0.39 is 16.0 Å². The average molecular weight is 388 g/mol. The lowest BCUT2D eigenvalue weighted by molar-refractivity contribution is 0.0950. The quantitative estimate of drug-likeness (QED) is 0.663. The SMILES string of the molecule is CC(C)[C@@H]1NCc2cc(C(=O)NCc3ccc(C(C)[SH](=O)=O)cc3)cnc21. The fraction of sp³-hybridized carbons (Fsp3) is 0.400. The van der Waals surface area contributed by atoms with Gasteiger partial charge in [0, 0.05) is 19.3 Å². The van der Waals surface area contributed by atoms with Crippen molar-refractivity contribution in [3.63, 3.8) is 0 Å². The lowest BCUT2D eigenvalue weighted by Crippen LogP contribution is -2.23. The first-order valence-electron chi connectivity index (χ1n) is 9.09. The number of hydrogen-bond donors (Lipinski definition) is 3. The zero-order valence-electron chi connectivity index (χ0n) is 15.7. The van der Waals surface area contributed by atoms with Crippen LogP contribution in [-0.4, -0.2) is 19.3 Å². The van der Waals surface area contributed by atoms with Gasteiger partial charge in [-0.1, -0.05) is 38.1 Å². The predicted molar refractivity (Wildman–Crippen MR) is 105 cm³/mol. The Balaban J connectivity index is 1.63. The number of nitrogens with one attached hydrogen (secondary N) is 2. The van der Waals surface area contributed by atoms with Crippen LogP contribution in [0, 0.1) is 5.92 Å². The smallest absolute Gasteiger partial charge is 0.253 e. The molecule has 0 saturated heterocycles. The van der Waals surface area contributed by atoms with Gasteiger partial charge in [-0.15, -0.1) is 0 Å². The van der Waals surface area contributed by atoms with E-state index in [1.807, 2.05) is 18.2 Å². The van der Waals surface area contributed by atoms with Gasteiger partial charge in [-0.2, -0.15) is 0 Å². The largest absolute Gasteiger partial charge is 0.348 e. The average Bonchev–Trinajstić information content (AvgIpc) is 3.09. The first-order chi connectivity index (χ1) is 12.9. The van der Waals surface area contributed by atoms with Crippen molar-refractivity contribution in [2.75, 3.05) is 0 Å². The van der Waals surface area contributed by atoms with Crippen molar-refractivity contribution in [2.24, 2.45) is 5.92 Å². The van der Waals surface area contributed by atoms with Gasteiger partial charge < -0.3 is 10.6 Å². The minimum atomic E-state index is -2.49. The maximum absolute atomic E-state index is 12.4. The zero-order valence-corrected chi connectivity index (χ0v) is 16.6. The van der Waals surface area contributed by atoms with E-state index in [4.69, 9.17) is 0 Å². The zero-order chi connectivity index (χ0) is 19.6. The van der Waals surface area contributed by atoms with Gasteiger partial charge in [-0.05, 0) is 35.6 Å². The summed E-state index contributed by atoms with van der Waals surface area (Å²) in [6.07, 6.45) is 1.63. The molecule has 2 aromatic rings. The van der Waals surface area contributed by atoms with Crippen LogP contribution in [0.5, 0.6) is 0 Å². The molecule has 1 amide bonds. The van der Waals surface area contributed by atoms with Gasteiger partial charge in [0.05, 0.1) is 22.5 Å². The molecule has 1 aliphatic heterocycles. The molecule has 1 aromatic heterocycles. The molecule has 0 spiro atoms. The monoisotopic (exact) mass is 387 g/mol. The van der Waals surface area contributed by atoms with E-state index in [9.17, 15) is 13.2 Å². The molecule has 144 valence electrons. The van der Waals surface area contributed by atoms with Gasteiger partial charge in [0.25, 0.3) is 5.91 Å². The summed E-state index contributed by atoms with van der Waals surface area (Å²) >= 11 is 0. The van der Waals surface area contributed by atoms with Crippen molar-refractivity contribution in [3.8, 4) is 0 Å². The predicted octanol–water partition coefficient (Wildman–Crippen LogP) is 2.48. The first kappa shape index (κ1) is 19.5. The molecule has 7 heteroatoms. The first-order valence-corrected chi connectivity index (χ1v) is 10.3. The number of nitrogens with zero attached hydrogens (tertiary/aromatic N) is 1. The van der Waals surface area contributed by atoms with Crippen LogP contribution < -0.4 is 10.6 Å². The third-order valence-electron chi connectivity index (χ3n) is 4.97. The van der Waals surface area contributed by atoms with Gasteiger partial charge in [-0.3, -0.25) is 9.78 Å². The van der Waals surface area contributed by atoms with E-state index in [-0.39, 0.29) is 11.9 Å². The number of amides is 1. The molecule has 6 nitrogen and oxygen atoms in total. The van der Waals surface area contributed by atoms with Crippen LogP contribution in [0.4, 0.5) is 0 Å². The Kier molecular flexibility index (Phi) is 5.92.